The van der Waals surface area contributed by atoms with Crippen molar-refractivity contribution < 1.29 is 9.21 Å². The van der Waals surface area contributed by atoms with E-state index in [4.69, 9.17) is 4.42 Å². The van der Waals surface area contributed by atoms with Crippen LogP contribution in [0.5, 0.6) is 0 Å². The number of nitrogens with one attached hydrogen (secondary N) is 1. The number of amides is 1. The summed E-state index contributed by atoms with van der Waals surface area (Å²) in [6.45, 7) is 8.15. The molecule has 2 heterocycles. The van der Waals surface area contributed by atoms with Gasteiger partial charge in [0.2, 0.25) is 5.91 Å². The van der Waals surface area contributed by atoms with Gasteiger partial charge in [0.15, 0.2) is 11.0 Å². The number of thioether (sulfide) groups is 1. The Labute approximate surface area is 163 Å². The maximum Gasteiger partial charge on any atom is 0.234 e. The molecular weight excluding hydrogens is 360 g/mol. The number of hydrogen-bond acceptors (Lipinski definition) is 5. The van der Waals surface area contributed by atoms with Crippen LogP contribution in [0.1, 0.15) is 38.1 Å². The highest BCUT2D eigenvalue weighted by atomic mass is 32.2. The predicted octanol–water partition coefficient (Wildman–Crippen LogP) is 4.72. The predicted molar refractivity (Wildman–Crippen MR) is 108 cm³/mol. The number of anilines is 1. The number of rotatable bonds is 7. The molecule has 0 radical (unpaired) electrons. The average molecular weight is 385 g/mol. The second-order valence-electron chi connectivity index (χ2n) is 6.55. The zero-order chi connectivity index (χ0) is 19.4. The van der Waals surface area contributed by atoms with Gasteiger partial charge >= 0.3 is 0 Å². The van der Waals surface area contributed by atoms with E-state index in [1.807, 2.05) is 41.8 Å². The molecule has 0 atom stereocenters. The van der Waals surface area contributed by atoms with E-state index >= 15 is 0 Å². The summed E-state index contributed by atoms with van der Waals surface area (Å²) in [4.78, 5) is 12.3. The van der Waals surface area contributed by atoms with E-state index in [2.05, 4.69) is 36.3 Å². The van der Waals surface area contributed by atoms with E-state index < -0.39 is 0 Å². The molecule has 0 aliphatic heterocycles. The molecule has 2 aromatic heterocycles. The van der Waals surface area contributed by atoms with Crippen LogP contribution in [0.2, 0.25) is 0 Å². The van der Waals surface area contributed by atoms with Crippen LogP contribution in [0.15, 0.2) is 46.2 Å². The first-order chi connectivity index (χ1) is 13.0. The van der Waals surface area contributed by atoms with Gasteiger partial charge in [-0.05, 0) is 51.0 Å². The van der Waals surface area contributed by atoms with Crippen LogP contribution < -0.4 is 5.32 Å². The molecule has 0 saturated carbocycles. The SMILES string of the molecule is CCc1ccc(NC(=O)CSc2nnc(-c3ccoc3C)n2C(C)C)cc1. The second kappa shape index (κ2) is 8.43. The summed E-state index contributed by atoms with van der Waals surface area (Å²) in [6, 6.07) is 9.96. The number of aromatic nitrogens is 3. The van der Waals surface area contributed by atoms with Crippen molar-refractivity contribution in [1.82, 2.24) is 14.8 Å². The lowest BCUT2D eigenvalue weighted by atomic mass is 10.1. The highest BCUT2D eigenvalue weighted by Crippen LogP contribution is 2.30. The maximum absolute atomic E-state index is 12.3. The van der Waals surface area contributed by atoms with Crippen LogP contribution in [0, 0.1) is 6.92 Å². The van der Waals surface area contributed by atoms with Gasteiger partial charge in [0.1, 0.15) is 5.76 Å². The number of hydrogen-bond donors (Lipinski definition) is 1. The van der Waals surface area contributed by atoms with E-state index in [1.54, 1.807) is 6.26 Å². The van der Waals surface area contributed by atoms with Crippen molar-refractivity contribution in [3.05, 3.63) is 47.9 Å². The molecule has 0 fully saturated rings. The van der Waals surface area contributed by atoms with Gasteiger partial charge < -0.3 is 9.73 Å². The lowest BCUT2D eigenvalue weighted by Crippen LogP contribution is -2.15. The first-order valence-electron chi connectivity index (χ1n) is 9.00. The molecule has 27 heavy (non-hydrogen) atoms. The summed E-state index contributed by atoms with van der Waals surface area (Å²) in [5, 5.41) is 12.3. The standard InChI is InChI=1S/C20H24N4O2S/c1-5-15-6-8-16(9-7-15)21-18(25)12-27-20-23-22-19(24(20)13(2)3)17-10-11-26-14(17)4/h6-11,13H,5,12H2,1-4H3,(H,21,25). The van der Waals surface area contributed by atoms with E-state index in [1.165, 1.54) is 17.3 Å². The average Bonchev–Trinajstić information content (AvgIpc) is 3.26. The van der Waals surface area contributed by atoms with Gasteiger partial charge in [-0.3, -0.25) is 9.36 Å². The minimum atomic E-state index is -0.0661. The molecular formula is C20H24N4O2S. The van der Waals surface area contributed by atoms with Crippen LogP contribution in [0.4, 0.5) is 5.69 Å². The number of carbonyl (C=O) groups is 1. The van der Waals surface area contributed by atoms with Crippen molar-refractivity contribution in [3.8, 4) is 11.4 Å². The first-order valence-corrected chi connectivity index (χ1v) is 9.99. The van der Waals surface area contributed by atoms with Crippen molar-refractivity contribution in [1.29, 1.82) is 0 Å². The molecule has 0 aliphatic carbocycles. The van der Waals surface area contributed by atoms with Crippen LogP contribution in [-0.4, -0.2) is 26.4 Å². The van der Waals surface area contributed by atoms with Crippen LogP contribution in [0.3, 0.4) is 0 Å². The molecule has 6 nitrogen and oxygen atoms in total. The third kappa shape index (κ3) is 4.42. The van der Waals surface area contributed by atoms with Crippen LogP contribution in [-0.2, 0) is 11.2 Å². The Morgan fingerprint density at radius 3 is 2.56 bits per heavy atom. The van der Waals surface area contributed by atoms with Crippen molar-refractivity contribution in [3.63, 3.8) is 0 Å². The smallest absolute Gasteiger partial charge is 0.234 e. The van der Waals surface area contributed by atoms with E-state index in [0.29, 0.717) is 0 Å². The molecule has 3 rings (SSSR count). The number of nitrogens with zero attached hydrogens (tertiary/aromatic N) is 3. The minimum Gasteiger partial charge on any atom is -0.469 e. The highest BCUT2D eigenvalue weighted by molar-refractivity contribution is 7.99. The first kappa shape index (κ1) is 19.2. The van der Waals surface area contributed by atoms with Crippen molar-refractivity contribution in [2.24, 2.45) is 0 Å². The van der Waals surface area contributed by atoms with Gasteiger partial charge in [-0.1, -0.05) is 30.8 Å². The fraction of sp³-hybridized carbons (Fsp3) is 0.350. The van der Waals surface area contributed by atoms with Gasteiger partial charge in [0.05, 0.1) is 17.6 Å². The fourth-order valence-corrected chi connectivity index (χ4v) is 3.66. The zero-order valence-corrected chi connectivity index (χ0v) is 16.8. The summed E-state index contributed by atoms with van der Waals surface area (Å²) < 4.78 is 7.43. The lowest BCUT2D eigenvalue weighted by molar-refractivity contribution is -0.113. The number of carbonyl (C=O) groups excluding carboxylic acids is 1. The monoisotopic (exact) mass is 384 g/mol. The summed E-state index contributed by atoms with van der Waals surface area (Å²) in [7, 11) is 0. The van der Waals surface area contributed by atoms with Crippen LogP contribution in [0.25, 0.3) is 11.4 Å². The Kier molecular flexibility index (Phi) is 6.01. The number of furan rings is 1. The van der Waals surface area contributed by atoms with Crippen molar-refractivity contribution in [2.45, 2.75) is 45.3 Å². The summed E-state index contributed by atoms with van der Waals surface area (Å²) in [6.07, 6.45) is 2.63. The molecule has 0 aliphatic rings. The van der Waals surface area contributed by atoms with Crippen LogP contribution >= 0.6 is 11.8 Å². The third-order valence-electron chi connectivity index (χ3n) is 4.26. The Balaban J connectivity index is 1.69. The quantitative estimate of drug-likeness (QED) is 0.597. The summed E-state index contributed by atoms with van der Waals surface area (Å²) in [5.41, 5.74) is 2.97. The lowest BCUT2D eigenvalue weighted by Gasteiger charge is -2.13. The molecule has 0 spiro atoms. The Hall–Kier alpha value is -2.54. The molecule has 1 aromatic carbocycles. The highest BCUT2D eigenvalue weighted by Gasteiger charge is 2.20. The van der Waals surface area contributed by atoms with Crippen molar-refractivity contribution in [2.75, 3.05) is 11.1 Å². The summed E-state index contributed by atoms with van der Waals surface area (Å²) >= 11 is 1.38. The fourth-order valence-electron chi connectivity index (χ4n) is 2.79. The van der Waals surface area contributed by atoms with Gasteiger partial charge in [0.25, 0.3) is 0 Å². The van der Waals surface area contributed by atoms with E-state index in [-0.39, 0.29) is 17.7 Å². The van der Waals surface area contributed by atoms with Gasteiger partial charge in [-0.15, -0.1) is 10.2 Å². The molecule has 142 valence electrons. The number of aryl methyl sites for hydroxylation is 2. The van der Waals surface area contributed by atoms with E-state index in [0.717, 1.165) is 34.4 Å². The molecule has 1 N–H and O–H groups in total. The largest absolute Gasteiger partial charge is 0.469 e. The normalized spacial score (nSPS) is 11.1. The van der Waals surface area contributed by atoms with Crippen molar-refractivity contribution >= 4 is 23.4 Å². The molecule has 0 unspecified atom stereocenters. The third-order valence-corrected chi connectivity index (χ3v) is 5.20. The van der Waals surface area contributed by atoms with E-state index in [9.17, 15) is 4.79 Å². The molecule has 3 aromatic rings. The zero-order valence-electron chi connectivity index (χ0n) is 16.0. The molecule has 1 amide bonds. The topological polar surface area (TPSA) is 73.0 Å². The summed E-state index contributed by atoms with van der Waals surface area (Å²) in [5.74, 6) is 1.76. The maximum atomic E-state index is 12.3. The Bertz CT molecular complexity index is 912. The second-order valence-corrected chi connectivity index (χ2v) is 7.49. The molecule has 0 saturated heterocycles. The Morgan fingerprint density at radius 1 is 1.22 bits per heavy atom. The Morgan fingerprint density at radius 2 is 1.96 bits per heavy atom. The van der Waals surface area contributed by atoms with Gasteiger partial charge in [-0.25, -0.2) is 0 Å². The van der Waals surface area contributed by atoms with Gasteiger partial charge in [-0.2, -0.15) is 0 Å². The minimum absolute atomic E-state index is 0.0661. The molecule has 7 heteroatoms. The van der Waals surface area contributed by atoms with Gasteiger partial charge in [0, 0.05) is 11.7 Å². The molecule has 0 bridgehead atoms. The number of benzene rings is 1.